The predicted molar refractivity (Wildman–Crippen MR) is 191 cm³/mol. The van der Waals surface area contributed by atoms with E-state index in [-0.39, 0.29) is 46.1 Å². The monoisotopic (exact) mass is 721 g/mol. The number of nitrogens with two attached hydrogens (primary N) is 1. The minimum Gasteiger partial charge on any atom is -0.508 e. The number of benzene rings is 2. The SMILES string of the molecule is CCCCCCC(C)C(CNCC1(O)C(Oc2ccc3c(=O)c(-c4ccc(O)cc4)c(C(N)=O)oc3c2)OC(C(=O)O)C(O)C1O)Cc1cc[nH]c1. The summed E-state index contributed by atoms with van der Waals surface area (Å²) in [6.45, 7) is 4.41. The average Bonchev–Trinajstić information content (AvgIpc) is 3.63. The van der Waals surface area contributed by atoms with Gasteiger partial charge >= 0.3 is 5.97 Å². The van der Waals surface area contributed by atoms with Gasteiger partial charge in [-0.25, -0.2) is 4.79 Å². The quantitative estimate of drug-likeness (QED) is 0.0734. The highest BCUT2D eigenvalue weighted by atomic mass is 16.7. The minimum atomic E-state index is -2.36. The van der Waals surface area contributed by atoms with Crippen LogP contribution in [0.2, 0.25) is 0 Å². The number of aliphatic hydroxyl groups is 3. The largest absolute Gasteiger partial charge is 0.508 e. The molecule has 5 rings (SSSR count). The molecule has 3 heterocycles. The number of carbonyl (C=O) groups excluding carboxylic acids is 1. The van der Waals surface area contributed by atoms with E-state index in [0.29, 0.717) is 12.5 Å². The molecule has 1 saturated heterocycles. The molecule has 14 nitrogen and oxygen atoms in total. The van der Waals surface area contributed by atoms with E-state index in [1.54, 1.807) is 0 Å². The van der Waals surface area contributed by atoms with E-state index >= 15 is 0 Å². The smallest absolute Gasteiger partial charge is 0.335 e. The third kappa shape index (κ3) is 8.48. The van der Waals surface area contributed by atoms with Crippen LogP contribution >= 0.6 is 0 Å². The number of aliphatic hydroxyl groups excluding tert-OH is 2. The summed E-state index contributed by atoms with van der Waals surface area (Å²) in [5.41, 5.74) is 3.79. The Hall–Kier alpha value is -4.73. The number of aromatic amines is 1. The first-order valence-corrected chi connectivity index (χ1v) is 17.5. The predicted octanol–water partition coefficient (Wildman–Crippen LogP) is 3.29. The molecule has 4 aromatic rings. The highest BCUT2D eigenvalue weighted by molar-refractivity contribution is 5.99. The van der Waals surface area contributed by atoms with Gasteiger partial charge in [0.1, 0.15) is 29.3 Å². The number of nitrogens with one attached hydrogen (secondary N) is 2. The Kier molecular flexibility index (Phi) is 12.4. The summed E-state index contributed by atoms with van der Waals surface area (Å²) in [5, 5.41) is 56.5. The van der Waals surface area contributed by atoms with Crippen molar-refractivity contribution < 1.29 is 49.0 Å². The molecule has 7 atom stereocenters. The van der Waals surface area contributed by atoms with Crippen LogP contribution in [0.5, 0.6) is 11.5 Å². The second kappa shape index (κ2) is 16.7. The number of unbranched alkanes of at least 4 members (excludes halogenated alkanes) is 3. The summed E-state index contributed by atoms with van der Waals surface area (Å²) >= 11 is 0. The first-order valence-electron chi connectivity index (χ1n) is 17.5. The molecule has 1 aliphatic rings. The number of hydrogen-bond acceptors (Lipinski definition) is 11. The number of aromatic nitrogens is 1. The maximum atomic E-state index is 13.6. The van der Waals surface area contributed by atoms with Crippen LogP contribution in [-0.4, -0.2) is 85.7 Å². The fourth-order valence-electron chi connectivity index (χ4n) is 6.74. The van der Waals surface area contributed by atoms with Crippen molar-refractivity contribution in [1.29, 1.82) is 0 Å². The lowest BCUT2D eigenvalue weighted by Gasteiger charge is -2.47. The van der Waals surface area contributed by atoms with Gasteiger partial charge in [0.15, 0.2) is 11.7 Å². The molecule has 0 aliphatic carbocycles. The summed E-state index contributed by atoms with van der Waals surface area (Å²) in [6, 6.07) is 11.5. The van der Waals surface area contributed by atoms with Crippen molar-refractivity contribution in [2.45, 2.75) is 82.6 Å². The van der Waals surface area contributed by atoms with E-state index in [1.165, 1.54) is 42.5 Å². The first kappa shape index (κ1) is 38.5. The van der Waals surface area contributed by atoms with Gasteiger partial charge in [-0.05, 0) is 66.3 Å². The van der Waals surface area contributed by atoms with Gasteiger partial charge in [0, 0.05) is 25.0 Å². The van der Waals surface area contributed by atoms with Gasteiger partial charge in [0.2, 0.25) is 17.5 Å². The molecule has 2 aromatic heterocycles. The molecule has 0 spiro atoms. The van der Waals surface area contributed by atoms with E-state index in [9.17, 15) is 39.9 Å². The van der Waals surface area contributed by atoms with Crippen molar-refractivity contribution in [2.75, 3.05) is 13.1 Å². The lowest BCUT2D eigenvalue weighted by molar-refractivity contribution is -0.311. The van der Waals surface area contributed by atoms with E-state index in [1.807, 2.05) is 18.5 Å². The summed E-state index contributed by atoms with van der Waals surface area (Å²) in [4.78, 5) is 41.1. The Morgan fingerprint density at radius 1 is 1.10 bits per heavy atom. The molecular weight excluding hydrogens is 674 g/mol. The number of rotatable bonds is 17. The number of phenolic OH excluding ortho intramolecular Hbond substituents is 1. The zero-order chi connectivity index (χ0) is 37.6. The number of fused-ring (bicyclic) bond motifs is 1. The summed E-state index contributed by atoms with van der Waals surface area (Å²) in [6.07, 6.45) is 2.27. The molecule has 1 amide bonds. The number of ether oxygens (including phenoxy) is 2. The zero-order valence-corrected chi connectivity index (χ0v) is 29.2. The van der Waals surface area contributed by atoms with Gasteiger partial charge in [-0.3, -0.25) is 9.59 Å². The molecule has 280 valence electrons. The second-order valence-corrected chi connectivity index (χ2v) is 13.6. The fraction of sp³-hybridized carbons (Fsp3) is 0.447. The Bertz CT molecular complexity index is 1880. The molecule has 0 radical (unpaired) electrons. The Morgan fingerprint density at radius 2 is 1.85 bits per heavy atom. The second-order valence-electron chi connectivity index (χ2n) is 13.6. The van der Waals surface area contributed by atoms with E-state index in [0.717, 1.165) is 44.1 Å². The van der Waals surface area contributed by atoms with Crippen LogP contribution < -0.4 is 21.2 Å². The van der Waals surface area contributed by atoms with Crippen molar-refractivity contribution in [3.8, 4) is 22.6 Å². The summed E-state index contributed by atoms with van der Waals surface area (Å²) in [5.74, 6) is -2.76. The topological polar surface area (TPSA) is 238 Å². The zero-order valence-electron chi connectivity index (χ0n) is 29.2. The number of aliphatic carboxylic acids is 1. The number of carboxylic acids is 1. The Morgan fingerprint density at radius 3 is 2.50 bits per heavy atom. The van der Waals surface area contributed by atoms with Crippen LogP contribution in [0.25, 0.3) is 22.1 Å². The van der Waals surface area contributed by atoms with Crippen molar-refractivity contribution in [3.05, 3.63) is 82.5 Å². The highest BCUT2D eigenvalue weighted by Gasteiger charge is 2.58. The van der Waals surface area contributed by atoms with Crippen LogP contribution in [0.3, 0.4) is 0 Å². The van der Waals surface area contributed by atoms with Gasteiger partial charge in [0.25, 0.3) is 5.91 Å². The van der Waals surface area contributed by atoms with Crippen LogP contribution in [0.1, 0.15) is 62.1 Å². The highest BCUT2D eigenvalue weighted by Crippen LogP contribution is 2.34. The molecule has 1 aliphatic heterocycles. The number of amides is 1. The molecule has 2 aromatic carbocycles. The molecule has 52 heavy (non-hydrogen) atoms. The number of carbonyl (C=O) groups is 2. The third-order valence-corrected chi connectivity index (χ3v) is 9.85. The standard InChI is InChI=1S/C38H47N3O11/c1-3-4-5-6-7-21(2)24(16-22-14-15-40-18-22)19-41-20-38(49)34(45)31(44)33(36(47)48)52-37(38)50-26-12-13-27-28(17-26)51-32(35(39)46)29(30(27)43)23-8-10-25(42)11-9-23/h8-15,17-18,21,24,31,33-34,37,40-42,44-45,49H,3-7,16,19-20H2,1-2H3,(H2,39,46)(H,47,48). The molecule has 0 saturated carbocycles. The molecule has 9 N–H and O–H groups in total. The van der Waals surface area contributed by atoms with E-state index in [2.05, 4.69) is 24.1 Å². The first-order chi connectivity index (χ1) is 24.8. The molecule has 14 heteroatoms. The Balaban J connectivity index is 1.41. The van der Waals surface area contributed by atoms with Crippen molar-refractivity contribution in [2.24, 2.45) is 17.6 Å². The number of hydrogen-bond donors (Lipinski definition) is 8. The third-order valence-electron chi connectivity index (χ3n) is 9.85. The maximum Gasteiger partial charge on any atom is 0.335 e. The van der Waals surface area contributed by atoms with Crippen molar-refractivity contribution in [3.63, 3.8) is 0 Å². The van der Waals surface area contributed by atoms with Crippen LogP contribution in [-0.2, 0) is 16.0 Å². The lowest BCUT2D eigenvalue weighted by Crippen LogP contribution is -2.71. The van der Waals surface area contributed by atoms with Crippen molar-refractivity contribution >= 4 is 22.8 Å². The van der Waals surface area contributed by atoms with Crippen LogP contribution in [0.4, 0.5) is 0 Å². The molecule has 7 unspecified atom stereocenters. The average molecular weight is 722 g/mol. The number of aromatic hydroxyl groups is 1. The number of carboxylic acid groups (broad SMARTS) is 1. The lowest BCUT2D eigenvalue weighted by atomic mass is 9.83. The molecule has 0 bridgehead atoms. The minimum absolute atomic E-state index is 0.0399. The maximum absolute atomic E-state index is 13.6. The summed E-state index contributed by atoms with van der Waals surface area (Å²) in [7, 11) is 0. The molecule has 1 fully saturated rings. The van der Waals surface area contributed by atoms with Gasteiger partial charge in [-0.2, -0.15) is 0 Å². The normalized spacial score (nSPS) is 22.9. The van der Waals surface area contributed by atoms with E-state index < -0.39 is 53.3 Å². The van der Waals surface area contributed by atoms with Gasteiger partial charge in [-0.15, -0.1) is 0 Å². The van der Waals surface area contributed by atoms with E-state index in [4.69, 9.17) is 19.6 Å². The fourth-order valence-corrected chi connectivity index (χ4v) is 6.74. The van der Waals surface area contributed by atoms with Crippen molar-refractivity contribution in [1.82, 2.24) is 10.3 Å². The van der Waals surface area contributed by atoms with Crippen LogP contribution in [0, 0.1) is 11.8 Å². The number of phenols is 1. The number of H-pyrrole nitrogens is 1. The van der Waals surface area contributed by atoms with Crippen LogP contribution in [0.15, 0.2) is 70.1 Å². The van der Waals surface area contributed by atoms with Gasteiger partial charge < -0.3 is 55.5 Å². The van der Waals surface area contributed by atoms with Gasteiger partial charge in [-0.1, -0.05) is 58.1 Å². The number of primary amides is 1. The Labute approximate surface area is 300 Å². The molecular formula is C38H47N3O11. The summed E-state index contributed by atoms with van der Waals surface area (Å²) < 4.78 is 17.3. The van der Waals surface area contributed by atoms with Gasteiger partial charge in [0.05, 0.1) is 10.9 Å².